The van der Waals surface area contributed by atoms with Crippen molar-refractivity contribution < 1.29 is 28.6 Å². The van der Waals surface area contributed by atoms with Gasteiger partial charge in [-0.05, 0) is 55.0 Å². The molecule has 2 aromatic carbocycles. The number of esters is 1. The number of anilines is 1. The summed E-state index contributed by atoms with van der Waals surface area (Å²) in [5, 5.41) is 2.70. The second-order valence-electron chi connectivity index (χ2n) is 6.73. The molecule has 8 nitrogen and oxygen atoms in total. The maximum absolute atomic E-state index is 12.8. The van der Waals surface area contributed by atoms with Crippen molar-refractivity contribution in [3.05, 3.63) is 58.5 Å². The van der Waals surface area contributed by atoms with Crippen LogP contribution >= 0.6 is 24.0 Å². The summed E-state index contributed by atoms with van der Waals surface area (Å²) >= 11 is 6.43. The number of thioether (sulfide) groups is 1. The molecule has 1 N–H and O–H groups in total. The number of carbonyl (C=O) groups is 3. The molecule has 0 spiro atoms. The molecule has 1 saturated heterocycles. The van der Waals surface area contributed by atoms with E-state index in [2.05, 4.69) is 5.32 Å². The first kappa shape index (κ1) is 24.3. The van der Waals surface area contributed by atoms with Crippen LogP contribution in [-0.2, 0) is 14.3 Å². The lowest BCUT2D eigenvalue weighted by molar-refractivity contribution is -0.126. The van der Waals surface area contributed by atoms with E-state index in [9.17, 15) is 14.4 Å². The minimum absolute atomic E-state index is 0.229. The largest absolute Gasteiger partial charge is 0.493 e. The van der Waals surface area contributed by atoms with Crippen molar-refractivity contribution in [2.45, 2.75) is 6.92 Å². The van der Waals surface area contributed by atoms with Crippen molar-refractivity contribution in [2.75, 3.05) is 32.7 Å². The van der Waals surface area contributed by atoms with Crippen LogP contribution in [0.15, 0.2) is 47.4 Å². The Morgan fingerprint density at radius 3 is 2.42 bits per heavy atom. The zero-order valence-corrected chi connectivity index (χ0v) is 19.9. The lowest BCUT2D eigenvalue weighted by Crippen LogP contribution is -2.36. The highest BCUT2D eigenvalue weighted by molar-refractivity contribution is 8.26. The zero-order valence-electron chi connectivity index (χ0n) is 18.2. The predicted octanol–water partition coefficient (Wildman–Crippen LogP) is 3.72. The molecule has 0 unspecified atom stereocenters. The van der Waals surface area contributed by atoms with Crippen LogP contribution in [-0.4, -0.2) is 54.4 Å². The standard InChI is InChI=1S/C23H22N2O6S2/c1-4-31-22(28)15-6-8-16(9-7-15)24-20(26)13-25-21(27)19(33-23(25)32)12-14-5-10-17(29-2)18(11-14)30-3/h5-12H,4,13H2,1-3H3,(H,24,26)/b19-12-. The molecule has 0 aliphatic carbocycles. The van der Waals surface area contributed by atoms with Gasteiger partial charge in [0.25, 0.3) is 5.91 Å². The molecule has 2 amide bonds. The predicted molar refractivity (Wildman–Crippen MR) is 130 cm³/mol. The van der Waals surface area contributed by atoms with Crippen molar-refractivity contribution >= 4 is 57.8 Å². The minimum atomic E-state index is -0.436. The van der Waals surface area contributed by atoms with Crippen molar-refractivity contribution in [2.24, 2.45) is 0 Å². The van der Waals surface area contributed by atoms with E-state index in [0.29, 0.717) is 32.0 Å². The molecule has 1 heterocycles. The van der Waals surface area contributed by atoms with E-state index < -0.39 is 11.9 Å². The number of methoxy groups -OCH3 is 2. The molecule has 0 saturated carbocycles. The van der Waals surface area contributed by atoms with Gasteiger partial charge in [0.15, 0.2) is 11.5 Å². The molecule has 2 aromatic rings. The molecule has 0 radical (unpaired) electrons. The average molecular weight is 487 g/mol. The van der Waals surface area contributed by atoms with E-state index >= 15 is 0 Å². The summed E-state index contributed by atoms with van der Waals surface area (Å²) in [6, 6.07) is 11.6. The Kier molecular flexibility index (Phi) is 8.07. The molecule has 172 valence electrons. The third-order valence-corrected chi connectivity index (χ3v) is 5.94. The summed E-state index contributed by atoms with van der Waals surface area (Å²) in [5.41, 5.74) is 1.60. The third-order valence-electron chi connectivity index (χ3n) is 4.56. The summed E-state index contributed by atoms with van der Waals surface area (Å²) in [7, 11) is 3.08. The number of nitrogens with zero attached hydrogens (tertiary/aromatic N) is 1. The van der Waals surface area contributed by atoms with E-state index in [4.69, 9.17) is 26.4 Å². The maximum atomic E-state index is 12.8. The van der Waals surface area contributed by atoms with Crippen LogP contribution in [0.4, 0.5) is 5.69 Å². The molecule has 1 fully saturated rings. The van der Waals surface area contributed by atoms with Crippen LogP contribution < -0.4 is 14.8 Å². The first-order valence-electron chi connectivity index (χ1n) is 9.90. The van der Waals surface area contributed by atoms with Crippen LogP contribution in [0.5, 0.6) is 11.5 Å². The Morgan fingerprint density at radius 2 is 1.79 bits per heavy atom. The molecule has 1 aliphatic heterocycles. The molecule has 33 heavy (non-hydrogen) atoms. The molecule has 0 aromatic heterocycles. The van der Waals surface area contributed by atoms with E-state index in [1.54, 1.807) is 62.6 Å². The Morgan fingerprint density at radius 1 is 1.09 bits per heavy atom. The smallest absolute Gasteiger partial charge is 0.338 e. The number of hydrogen-bond acceptors (Lipinski definition) is 8. The number of ether oxygens (including phenoxy) is 3. The van der Waals surface area contributed by atoms with Crippen molar-refractivity contribution in [3.63, 3.8) is 0 Å². The van der Waals surface area contributed by atoms with Gasteiger partial charge in [-0.2, -0.15) is 0 Å². The van der Waals surface area contributed by atoms with Gasteiger partial charge in [0.1, 0.15) is 10.9 Å². The number of carbonyl (C=O) groups excluding carboxylic acids is 3. The van der Waals surface area contributed by atoms with E-state index in [1.165, 1.54) is 12.0 Å². The summed E-state index contributed by atoms with van der Waals surface area (Å²) in [6.07, 6.45) is 1.69. The van der Waals surface area contributed by atoms with Gasteiger partial charge < -0.3 is 19.5 Å². The Labute approximate surface area is 200 Å². The molecular formula is C23H22N2O6S2. The quantitative estimate of drug-likeness (QED) is 0.343. The van der Waals surface area contributed by atoms with Crippen LogP contribution in [0.1, 0.15) is 22.8 Å². The highest BCUT2D eigenvalue weighted by Crippen LogP contribution is 2.34. The fraction of sp³-hybridized carbons (Fsp3) is 0.217. The van der Waals surface area contributed by atoms with E-state index in [0.717, 1.165) is 17.3 Å². The molecule has 1 aliphatic rings. The van der Waals surface area contributed by atoms with Gasteiger partial charge in [-0.15, -0.1) is 0 Å². The number of hydrogen-bond donors (Lipinski definition) is 1. The van der Waals surface area contributed by atoms with Crippen molar-refractivity contribution in [3.8, 4) is 11.5 Å². The SMILES string of the molecule is CCOC(=O)c1ccc(NC(=O)CN2C(=O)/C(=C/c3ccc(OC)c(OC)c3)SC2=S)cc1. The van der Waals surface area contributed by atoms with Gasteiger partial charge in [-0.1, -0.05) is 30.0 Å². The van der Waals surface area contributed by atoms with E-state index in [1.807, 2.05) is 0 Å². The fourth-order valence-electron chi connectivity index (χ4n) is 2.98. The third kappa shape index (κ3) is 5.91. The molecule has 10 heteroatoms. The second kappa shape index (κ2) is 11.0. The average Bonchev–Trinajstić information content (AvgIpc) is 3.06. The van der Waals surface area contributed by atoms with Gasteiger partial charge >= 0.3 is 5.97 Å². The Balaban J connectivity index is 1.65. The lowest BCUT2D eigenvalue weighted by atomic mass is 10.2. The Hall–Kier alpha value is -3.37. The molecule has 0 atom stereocenters. The maximum Gasteiger partial charge on any atom is 0.338 e. The highest BCUT2D eigenvalue weighted by Gasteiger charge is 2.33. The van der Waals surface area contributed by atoms with Gasteiger partial charge in [0.2, 0.25) is 5.91 Å². The van der Waals surface area contributed by atoms with Crippen molar-refractivity contribution in [1.82, 2.24) is 4.90 Å². The number of benzene rings is 2. The van der Waals surface area contributed by atoms with E-state index in [-0.39, 0.29) is 19.1 Å². The first-order valence-corrected chi connectivity index (χ1v) is 11.1. The van der Waals surface area contributed by atoms with Crippen LogP contribution in [0.3, 0.4) is 0 Å². The zero-order chi connectivity index (χ0) is 24.0. The molecular weight excluding hydrogens is 464 g/mol. The summed E-state index contributed by atoms with van der Waals surface area (Å²) in [6.45, 7) is 1.78. The summed E-state index contributed by atoms with van der Waals surface area (Å²) < 4.78 is 15.7. The van der Waals surface area contributed by atoms with Gasteiger partial charge in [0, 0.05) is 5.69 Å². The second-order valence-corrected chi connectivity index (χ2v) is 8.40. The normalized spacial score (nSPS) is 14.4. The monoisotopic (exact) mass is 486 g/mol. The Bertz CT molecular complexity index is 1110. The fourth-order valence-corrected chi connectivity index (χ4v) is 4.23. The summed E-state index contributed by atoms with van der Waals surface area (Å²) in [4.78, 5) is 38.7. The number of rotatable bonds is 8. The molecule has 0 bridgehead atoms. The minimum Gasteiger partial charge on any atom is -0.493 e. The highest BCUT2D eigenvalue weighted by atomic mass is 32.2. The van der Waals surface area contributed by atoms with Crippen LogP contribution in [0.25, 0.3) is 6.08 Å². The molecule has 3 rings (SSSR count). The van der Waals surface area contributed by atoms with Crippen molar-refractivity contribution in [1.29, 1.82) is 0 Å². The number of thiocarbonyl (C=S) groups is 1. The first-order chi connectivity index (χ1) is 15.9. The van der Waals surface area contributed by atoms with Gasteiger partial charge in [-0.3, -0.25) is 14.5 Å². The number of nitrogens with one attached hydrogen (secondary N) is 1. The number of amides is 2. The topological polar surface area (TPSA) is 94.2 Å². The van der Waals surface area contributed by atoms with Crippen LogP contribution in [0.2, 0.25) is 0 Å². The summed E-state index contributed by atoms with van der Waals surface area (Å²) in [5.74, 6) is -0.0893. The lowest BCUT2D eigenvalue weighted by Gasteiger charge is -2.14. The van der Waals surface area contributed by atoms with Gasteiger partial charge in [-0.25, -0.2) is 4.79 Å². The van der Waals surface area contributed by atoms with Crippen LogP contribution in [0, 0.1) is 0 Å². The van der Waals surface area contributed by atoms with Gasteiger partial charge in [0.05, 0.1) is 31.3 Å².